The molecule has 1 aromatic carbocycles. The Morgan fingerprint density at radius 1 is 1.00 bits per heavy atom. The summed E-state index contributed by atoms with van der Waals surface area (Å²) in [7, 11) is 0. The molecule has 1 fully saturated rings. The van der Waals surface area contributed by atoms with E-state index in [0.717, 1.165) is 37.3 Å². The zero-order valence-electron chi connectivity index (χ0n) is 16.0. The van der Waals surface area contributed by atoms with Crippen molar-refractivity contribution in [1.82, 2.24) is 10.2 Å². The number of benzene rings is 1. The molecule has 0 aromatic heterocycles. The number of aromatic hydroxyl groups is 1. The van der Waals surface area contributed by atoms with E-state index in [9.17, 15) is 5.11 Å². The van der Waals surface area contributed by atoms with Crippen LogP contribution in [0.25, 0.3) is 0 Å². The van der Waals surface area contributed by atoms with E-state index in [-0.39, 0.29) is 16.9 Å². The van der Waals surface area contributed by atoms with Crippen molar-refractivity contribution in [3.05, 3.63) is 28.8 Å². The average molecular weight is 319 g/mol. The summed E-state index contributed by atoms with van der Waals surface area (Å²) >= 11 is 0. The molecular weight excluding hydrogens is 284 g/mol. The first-order valence-electron chi connectivity index (χ1n) is 8.84. The van der Waals surface area contributed by atoms with Gasteiger partial charge in [0.05, 0.1) is 0 Å². The maximum atomic E-state index is 11.0. The van der Waals surface area contributed by atoms with Crippen molar-refractivity contribution in [3.63, 3.8) is 0 Å². The fourth-order valence-corrected chi connectivity index (χ4v) is 3.25. The Kier molecular flexibility index (Phi) is 5.12. The van der Waals surface area contributed by atoms with Crippen molar-refractivity contribution in [1.29, 1.82) is 0 Å². The van der Waals surface area contributed by atoms with Crippen molar-refractivity contribution in [3.8, 4) is 5.75 Å². The van der Waals surface area contributed by atoms with Crippen molar-refractivity contribution in [2.75, 3.05) is 26.2 Å². The van der Waals surface area contributed by atoms with E-state index < -0.39 is 0 Å². The lowest BCUT2D eigenvalue weighted by Gasteiger charge is -2.35. The first-order valence-corrected chi connectivity index (χ1v) is 8.84. The van der Waals surface area contributed by atoms with Crippen molar-refractivity contribution >= 4 is 0 Å². The second kappa shape index (κ2) is 6.45. The second-order valence-corrected chi connectivity index (χ2v) is 8.92. The van der Waals surface area contributed by atoms with Gasteiger partial charge in [-0.05, 0) is 34.9 Å². The molecule has 2 rings (SSSR count). The van der Waals surface area contributed by atoms with Crippen LogP contribution in [0.2, 0.25) is 0 Å². The summed E-state index contributed by atoms with van der Waals surface area (Å²) in [5.74, 6) is 0.483. The normalized spacial score (nSPS) is 18.9. The highest BCUT2D eigenvalue weighted by atomic mass is 16.3. The molecule has 0 aliphatic carbocycles. The summed E-state index contributed by atoms with van der Waals surface area (Å²) in [6.45, 7) is 19.6. The maximum Gasteiger partial charge on any atom is 0.124 e. The number of rotatable bonds is 2. The summed E-state index contributed by atoms with van der Waals surface area (Å²) in [6.07, 6.45) is 0. The molecule has 1 saturated heterocycles. The lowest BCUT2D eigenvalue weighted by molar-refractivity contribution is 0.182. The Bertz CT molecular complexity index is 546. The number of nitrogens with one attached hydrogen (secondary N) is 1. The number of phenols is 1. The molecule has 1 aromatic rings. The highest BCUT2D eigenvalue weighted by Crippen LogP contribution is 2.41. The molecule has 0 saturated carbocycles. The number of phenolic OH excluding ortho intramolecular Hbond substituents is 1. The zero-order valence-corrected chi connectivity index (χ0v) is 16.0. The molecular formula is C20H34N2O. The lowest BCUT2D eigenvalue weighted by Crippen LogP contribution is -2.44. The zero-order chi connectivity index (χ0) is 17.4. The third-order valence-electron chi connectivity index (χ3n) is 4.96. The molecule has 3 heteroatoms. The molecule has 23 heavy (non-hydrogen) atoms. The van der Waals surface area contributed by atoms with Crippen LogP contribution in [0.5, 0.6) is 5.75 Å². The summed E-state index contributed by atoms with van der Waals surface area (Å²) in [4.78, 5) is 2.46. The summed E-state index contributed by atoms with van der Waals surface area (Å²) in [6, 6.07) is 4.65. The van der Waals surface area contributed by atoms with Gasteiger partial charge in [-0.3, -0.25) is 4.90 Å². The SMILES string of the molecule is C[C@@H](c1cc(C(C)(C)C)cc(C(C)(C)C)c1O)N1CCNCC1. The maximum absolute atomic E-state index is 11.0. The van der Waals surface area contributed by atoms with E-state index >= 15 is 0 Å². The van der Waals surface area contributed by atoms with E-state index in [4.69, 9.17) is 0 Å². The average Bonchev–Trinajstić information content (AvgIpc) is 2.45. The Morgan fingerprint density at radius 2 is 1.57 bits per heavy atom. The van der Waals surface area contributed by atoms with Gasteiger partial charge in [0.25, 0.3) is 0 Å². The minimum absolute atomic E-state index is 0.0662. The minimum Gasteiger partial charge on any atom is -0.507 e. The Hall–Kier alpha value is -1.06. The van der Waals surface area contributed by atoms with Crippen LogP contribution < -0.4 is 5.32 Å². The first-order chi connectivity index (χ1) is 10.5. The quantitative estimate of drug-likeness (QED) is 0.866. The van der Waals surface area contributed by atoms with Gasteiger partial charge >= 0.3 is 0 Å². The molecule has 1 aliphatic rings. The van der Waals surface area contributed by atoms with Crippen LogP contribution in [0.3, 0.4) is 0 Å². The molecule has 1 atom stereocenters. The number of hydrogen-bond donors (Lipinski definition) is 2. The number of piperazine rings is 1. The van der Waals surface area contributed by atoms with E-state index in [0.29, 0.717) is 5.75 Å². The van der Waals surface area contributed by atoms with Crippen LogP contribution in [-0.2, 0) is 10.8 Å². The topological polar surface area (TPSA) is 35.5 Å². The molecule has 1 heterocycles. The third kappa shape index (κ3) is 4.07. The van der Waals surface area contributed by atoms with Crippen molar-refractivity contribution in [2.45, 2.75) is 65.3 Å². The number of nitrogens with zero attached hydrogens (tertiary/aromatic N) is 1. The summed E-state index contributed by atoms with van der Waals surface area (Å²) in [5.41, 5.74) is 3.44. The predicted molar refractivity (Wildman–Crippen MR) is 98.4 cm³/mol. The van der Waals surface area contributed by atoms with Gasteiger partial charge in [-0.15, -0.1) is 0 Å². The van der Waals surface area contributed by atoms with Crippen LogP contribution in [0.15, 0.2) is 12.1 Å². The van der Waals surface area contributed by atoms with Crippen LogP contribution in [0.4, 0.5) is 0 Å². The predicted octanol–water partition coefficient (Wildman–Crippen LogP) is 3.95. The molecule has 0 radical (unpaired) electrons. The molecule has 3 nitrogen and oxygen atoms in total. The molecule has 130 valence electrons. The van der Waals surface area contributed by atoms with Crippen LogP contribution in [0.1, 0.15) is 71.2 Å². The number of hydrogen-bond acceptors (Lipinski definition) is 3. The van der Waals surface area contributed by atoms with E-state index in [2.05, 4.69) is 70.8 Å². The highest BCUT2D eigenvalue weighted by Gasteiger charge is 2.28. The molecule has 2 N–H and O–H groups in total. The smallest absolute Gasteiger partial charge is 0.124 e. The third-order valence-corrected chi connectivity index (χ3v) is 4.96. The summed E-state index contributed by atoms with van der Waals surface area (Å²) in [5, 5.41) is 14.4. The van der Waals surface area contributed by atoms with E-state index in [1.54, 1.807) is 0 Å². The molecule has 1 aliphatic heterocycles. The van der Waals surface area contributed by atoms with Crippen LogP contribution >= 0.6 is 0 Å². The summed E-state index contributed by atoms with van der Waals surface area (Å²) < 4.78 is 0. The second-order valence-electron chi connectivity index (χ2n) is 8.92. The van der Waals surface area contributed by atoms with Gasteiger partial charge in [0.15, 0.2) is 0 Å². The van der Waals surface area contributed by atoms with E-state index in [1.165, 1.54) is 5.56 Å². The van der Waals surface area contributed by atoms with Crippen molar-refractivity contribution in [2.24, 2.45) is 0 Å². The Balaban J connectivity index is 2.52. The van der Waals surface area contributed by atoms with Crippen LogP contribution in [-0.4, -0.2) is 36.2 Å². The van der Waals surface area contributed by atoms with Crippen molar-refractivity contribution < 1.29 is 5.11 Å². The van der Waals surface area contributed by atoms with Crippen LogP contribution in [0, 0.1) is 0 Å². The highest BCUT2D eigenvalue weighted by molar-refractivity contribution is 5.50. The minimum atomic E-state index is -0.0662. The molecule has 0 amide bonds. The van der Waals surface area contributed by atoms with Gasteiger partial charge in [0.1, 0.15) is 5.75 Å². The van der Waals surface area contributed by atoms with Gasteiger partial charge in [-0.25, -0.2) is 0 Å². The molecule has 0 bridgehead atoms. The van der Waals surface area contributed by atoms with Gasteiger partial charge < -0.3 is 10.4 Å². The van der Waals surface area contributed by atoms with Gasteiger partial charge in [-0.1, -0.05) is 47.6 Å². The molecule has 0 unspecified atom stereocenters. The van der Waals surface area contributed by atoms with Gasteiger partial charge in [0, 0.05) is 37.8 Å². The molecule has 0 spiro atoms. The van der Waals surface area contributed by atoms with Gasteiger partial charge in [-0.2, -0.15) is 0 Å². The van der Waals surface area contributed by atoms with Gasteiger partial charge in [0.2, 0.25) is 0 Å². The fourth-order valence-electron chi connectivity index (χ4n) is 3.25. The standard InChI is InChI=1S/C20H34N2O/c1-14(22-10-8-21-9-11-22)16-12-15(19(2,3)4)13-17(18(16)23)20(5,6)7/h12-14,21,23H,8-11H2,1-7H3/t14-/m0/s1. The Labute approximate surface area is 142 Å². The Morgan fingerprint density at radius 3 is 2.04 bits per heavy atom. The first kappa shape index (κ1) is 18.3. The monoisotopic (exact) mass is 318 g/mol. The lowest BCUT2D eigenvalue weighted by atomic mass is 9.78. The van der Waals surface area contributed by atoms with E-state index in [1.807, 2.05) is 0 Å². The fraction of sp³-hybridized carbons (Fsp3) is 0.700. The largest absolute Gasteiger partial charge is 0.507 e.